The SMILES string of the molecule is CC1CCCCN1C(=O)c1ccc(NC(=O)CCC2CCNCC2)cc1Cl.Cl. The van der Waals surface area contributed by atoms with Gasteiger partial charge in [-0.1, -0.05) is 11.6 Å². The molecular formula is C21H31Cl2N3O2. The number of carbonyl (C=O) groups is 2. The van der Waals surface area contributed by atoms with Crippen molar-refractivity contribution >= 4 is 41.5 Å². The van der Waals surface area contributed by atoms with Gasteiger partial charge in [-0.15, -0.1) is 12.4 Å². The first-order valence-electron chi connectivity index (χ1n) is 10.2. The lowest BCUT2D eigenvalue weighted by molar-refractivity contribution is -0.116. The van der Waals surface area contributed by atoms with Crippen molar-refractivity contribution in [3.05, 3.63) is 28.8 Å². The monoisotopic (exact) mass is 427 g/mol. The van der Waals surface area contributed by atoms with Crippen LogP contribution in [-0.4, -0.2) is 42.4 Å². The molecule has 3 rings (SSSR count). The first-order chi connectivity index (χ1) is 13.0. The van der Waals surface area contributed by atoms with E-state index < -0.39 is 0 Å². The van der Waals surface area contributed by atoms with E-state index in [0.717, 1.165) is 51.7 Å². The number of amides is 2. The van der Waals surface area contributed by atoms with E-state index in [1.54, 1.807) is 18.2 Å². The standard InChI is InChI=1S/C21H30ClN3O2.ClH/c1-15-4-2-3-13-25(15)21(27)18-7-6-17(14-19(18)22)24-20(26)8-5-16-9-11-23-12-10-16;/h6-7,14-16,23H,2-5,8-13H2,1H3,(H,24,26);1H. The molecule has 2 aliphatic heterocycles. The quantitative estimate of drug-likeness (QED) is 0.726. The summed E-state index contributed by atoms with van der Waals surface area (Å²) in [6.07, 6.45) is 6.98. The summed E-state index contributed by atoms with van der Waals surface area (Å²) in [6, 6.07) is 5.44. The van der Waals surface area contributed by atoms with Crippen molar-refractivity contribution in [1.29, 1.82) is 0 Å². The van der Waals surface area contributed by atoms with Crippen LogP contribution in [0, 0.1) is 5.92 Å². The molecule has 1 aromatic carbocycles. The van der Waals surface area contributed by atoms with E-state index in [9.17, 15) is 9.59 Å². The average Bonchev–Trinajstić information content (AvgIpc) is 2.67. The van der Waals surface area contributed by atoms with Crippen molar-refractivity contribution in [2.45, 2.75) is 57.9 Å². The summed E-state index contributed by atoms with van der Waals surface area (Å²) in [5.41, 5.74) is 1.16. The molecule has 2 heterocycles. The molecule has 1 aromatic rings. The molecule has 0 aliphatic carbocycles. The average molecular weight is 428 g/mol. The van der Waals surface area contributed by atoms with E-state index in [1.165, 1.54) is 6.42 Å². The Balaban J connectivity index is 0.00000280. The zero-order chi connectivity index (χ0) is 19.2. The van der Waals surface area contributed by atoms with Crippen LogP contribution in [-0.2, 0) is 4.79 Å². The fraction of sp³-hybridized carbons (Fsp3) is 0.619. The van der Waals surface area contributed by atoms with Crippen LogP contribution in [0.25, 0.3) is 0 Å². The van der Waals surface area contributed by atoms with Gasteiger partial charge in [0.15, 0.2) is 0 Å². The van der Waals surface area contributed by atoms with Gasteiger partial charge < -0.3 is 15.5 Å². The van der Waals surface area contributed by atoms with E-state index in [1.807, 2.05) is 4.90 Å². The lowest BCUT2D eigenvalue weighted by Gasteiger charge is -2.33. The van der Waals surface area contributed by atoms with Gasteiger partial charge in [0.25, 0.3) is 5.91 Å². The van der Waals surface area contributed by atoms with Crippen LogP contribution in [0.2, 0.25) is 5.02 Å². The first kappa shape index (κ1) is 23.0. The van der Waals surface area contributed by atoms with E-state index in [0.29, 0.717) is 28.6 Å². The fourth-order valence-electron chi connectivity index (χ4n) is 4.05. The largest absolute Gasteiger partial charge is 0.336 e. The molecule has 1 unspecified atom stereocenters. The Morgan fingerprint density at radius 3 is 2.64 bits per heavy atom. The summed E-state index contributed by atoms with van der Waals surface area (Å²) in [5, 5.41) is 6.65. The number of carbonyl (C=O) groups excluding carboxylic acids is 2. The molecular weight excluding hydrogens is 397 g/mol. The second-order valence-electron chi connectivity index (χ2n) is 7.82. The maximum Gasteiger partial charge on any atom is 0.255 e. The van der Waals surface area contributed by atoms with Crippen molar-refractivity contribution in [3.8, 4) is 0 Å². The molecule has 7 heteroatoms. The summed E-state index contributed by atoms with van der Waals surface area (Å²) in [6.45, 7) is 4.97. The van der Waals surface area contributed by atoms with Crippen molar-refractivity contribution in [2.75, 3.05) is 25.0 Å². The van der Waals surface area contributed by atoms with Crippen LogP contribution in [0.4, 0.5) is 5.69 Å². The maximum atomic E-state index is 12.8. The number of likely N-dealkylation sites (tertiary alicyclic amines) is 1. The van der Waals surface area contributed by atoms with Crippen LogP contribution < -0.4 is 10.6 Å². The number of nitrogens with zero attached hydrogens (tertiary/aromatic N) is 1. The molecule has 5 nitrogen and oxygen atoms in total. The van der Waals surface area contributed by atoms with Gasteiger partial charge in [-0.05, 0) is 82.7 Å². The van der Waals surface area contributed by atoms with Crippen molar-refractivity contribution < 1.29 is 9.59 Å². The molecule has 2 saturated heterocycles. The Morgan fingerprint density at radius 1 is 1.21 bits per heavy atom. The van der Waals surface area contributed by atoms with Gasteiger partial charge in [0.05, 0.1) is 10.6 Å². The third-order valence-electron chi connectivity index (χ3n) is 5.79. The molecule has 2 fully saturated rings. The van der Waals surface area contributed by atoms with Gasteiger partial charge in [-0.2, -0.15) is 0 Å². The lowest BCUT2D eigenvalue weighted by atomic mass is 9.93. The maximum absolute atomic E-state index is 12.8. The van der Waals surface area contributed by atoms with Crippen LogP contribution in [0.1, 0.15) is 62.2 Å². The minimum Gasteiger partial charge on any atom is -0.336 e. The summed E-state index contributed by atoms with van der Waals surface area (Å²) in [7, 11) is 0. The van der Waals surface area contributed by atoms with Crippen molar-refractivity contribution in [2.24, 2.45) is 5.92 Å². The summed E-state index contributed by atoms with van der Waals surface area (Å²) in [5.74, 6) is 0.622. The lowest BCUT2D eigenvalue weighted by Crippen LogP contribution is -2.42. The Labute approximate surface area is 179 Å². The molecule has 1 atom stereocenters. The molecule has 28 heavy (non-hydrogen) atoms. The smallest absolute Gasteiger partial charge is 0.255 e. The topological polar surface area (TPSA) is 61.4 Å². The number of rotatable bonds is 5. The number of halogens is 2. The zero-order valence-corrected chi connectivity index (χ0v) is 18.1. The molecule has 0 saturated carbocycles. The molecule has 0 bridgehead atoms. The molecule has 2 aliphatic rings. The van der Waals surface area contributed by atoms with Gasteiger partial charge in [0.2, 0.25) is 5.91 Å². The Morgan fingerprint density at radius 2 is 1.96 bits per heavy atom. The molecule has 0 radical (unpaired) electrons. The number of benzene rings is 1. The number of piperidine rings is 2. The molecule has 2 amide bonds. The predicted molar refractivity (Wildman–Crippen MR) is 117 cm³/mol. The van der Waals surface area contributed by atoms with Gasteiger partial charge in [0, 0.05) is 24.7 Å². The highest BCUT2D eigenvalue weighted by molar-refractivity contribution is 6.34. The van der Waals surface area contributed by atoms with Crippen LogP contribution >= 0.6 is 24.0 Å². The molecule has 2 N–H and O–H groups in total. The third-order valence-corrected chi connectivity index (χ3v) is 6.10. The van der Waals surface area contributed by atoms with E-state index in [4.69, 9.17) is 11.6 Å². The first-order valence-corrected chi connectivity index (χ1v) is 10.5. The minimum atomic E-state index is -0.0176. The molecule has 0 aromatic heterocycles. The number of hydrogen-bond donors (Lipinski definition) is 2. The summed E-state index contributed by atoms with van der Waals surface area (Å²) < 4.78 is 0. The summed E-state index contributed by atoms with van der Waals surface area (Å²) in [4.78, 5) is 26.9. The second kappa shape index (κ2) is 11.0. The number of nitrogens with one attached hydrogen (secondary N) is 2. The van der Waals surface area contributed by atoms with Crippen LogP contribution in [0.5, 0.6) is 0 Å². The highest BCUT2D eigenvalue weighted by Crippen LogP contribution is 2.26. The highest BCUT2D eigenvalue weighted by Gasteiger charge is 2.25. The van der Waals surface area contributed by atoms with Crippen molar-refractivity contribution in [3.63, 3.8) is 0 Å². The Kier molecular flexibility index (Phi) is 9.06. The van der Waals surface area contributed by atoms with Gasteiger partial charge in [-0.3, -0.25) is 9.59 Å². The van der Waals surface area contributed by atoms with Crippen LogP contribution in [0.15, 0.2) is 18.2 Å². The highest BCUT2D eigenvalue weighted by atomic mass is 35.5. The number of hydrogen-bond acceptors (Lipinski definition) is 3. The van der Waals surface area contributed by atoms with Gasteiger partial charge >= 0.3 is 0 Å². The molecule has 0 spiro atoms. The van der Waals surface area contributed by atoms with Crippen molar-refractivity contribution in [1.82, 2.24) is 10.2 Å². The predicted octanol–water partition coefficient (Wildman–Crippen LogP) is 4.49. The van der Waals surface area contributed by atoms with E-state index in [2.05, 4.69) is 17.6 Å². The Hall–Kier alpha value is -1.30. The van der Waals surface area contributed by atoms with E-state index >= 15 is 0 Å². The van der Waals surface area contributed by atoms with Gasteiger partial charge in [0.1, 0.15) is 0 Å². The third kappa shape index (κ3) is 6.10. The zero-order valence-electron chi connectivity index (χ0n) is 16.5. The van der Waals surface area contributed by atoms with E-state index in [-0.39, 0.29) is 30.3 Å². The minimum absolute atomic E-state index is 0. The Bertz CT molecular complexity index is 678. The summed E-state index contributed by atoms with van der Waals surface area (Å²) >= 11 is 6.37. The van der Waals surface area contributed by atoms with Crippen LogP contribution in [0.3, 0.4) is 0 Å². The number of anilines is 1. The molecule has 156 valence electrons. The second-order valence-corrected chi connectivity index (χ2v) is 8.23. The fourth-order valence-corrected chi connectivity index (χ4v) is 4.31. The normalized spacial score (nSPS) is 20.4. The van der Waals surface area contributed by atoms with Gasteiger partial charge in [-0.25, -0.2) is 0 Å².